The van der Waals surface area contributed by atoms with Crippen molar-refractivity contribution in [1.82, 2.24) is 0 Å². The maximum Gasteiger partial charge on any atom is 0.171 e. The van der Waals surface area contributed by atoms with Crippen LogP contribution in [0.4, 0.5) is 0 Å². The maximum atomic E-state index is 5.31. The minimum absolute atomic E-state index is 0.691. The Hall–Kier alpha value is -0.700. The van der Waals surface area contributed by atoms with Crippen molar-refractivity contribution in [3.8, 4) is 11.5 Å². The van der Waals surface area contributed by atoms with E-state index in [9.17, 15) is 0 Å². The zero-order valence-electron chi connectivity index (χ0n) is 6.79. The Balaban J connectivity index is 2.62. The van der Waals surface area contributed by atoms with Crippen molar-refractivity contribution >= 4 is 11.3 Å². The summed E-state index contributed by atoms with van der Waals surface area (Å²) in [5.41, 5.74) is 0. The molecule has 0 amide bonds. The quantitative estimate of drug-likeness (QED) is 0.695. The van der Waals surface area contributed by atoms with Gasteiger partial charge in [-0.05, 0) is 13.8 Å². The van der Waals surface area contributed by atoms with Crippen LogP contribution in [0.3, 0.4) is 0 Å². The van der Waals surface area contributed by atoms with Gasteiger partial charge in [-0.15, -0.1) is 11.3 Å². The molecule has 0 aliphatic rings. The number of rotatable bonds is 4. The summed E-state index contributed by atoms with van der Waals surface area (Å²) in [5, 5.41) is 3.91. The molecule has 0 unspecified atom stereocenters. The summed E-state index contributed by atoms with van der Waals surface area (Å²) >= 11 is 1.60. The fraction of sp³-hybridized carbons (Fsp3) is 0.500. The van der Waals surface area contributed by atoms with Gasteiger partial charge >= 0.3 is 0 Å². The van der Waals surface area contributed by atoms with Gasteiger partial charge in [-0.2, -0.15) is 0 Å². The Morgan fingerprint density at radius 2 is 1.55 bits per heavy atom. The van der Waals surface area contributed by atoms with Gasteiger partial charge < -0.3 is 9.47 Å². The molecule has 0 spiro atoms. The van der Waals surface area contributed by atoms with Crippen LogP contribution in [0.5, 0.6) is 11.5 Å². The van der Waals surface area contributed by atoms with Gasteiger partial charge in [0.05, 0.1) is 13.2 Å². The van der Waals surface area contributed by atoms with Crippen molar-refractivity contribution in [2.45, 2.75) is 13.8 Å². The number of hydrogen-bond acceptors (Lipinski definition) is 3. The van der Waals surface area contributed by atoms with E-state index in [1.54, 1.807) is 11.3 Å². The highest BCUT2D eigenvalue weighted by Gasteiger charge is 2.03. The molecule has 0 aliphatic heterocycles. The van der Waals surface area contributed by atoms with Gasteiger partial charge in [-0.25, -0.2) is 0 Å². The van der Waals surface area contributed by atoms with E-state index in [0.29, 0.717) is 13.2 Å². The van der Waals surface area contributed by atoms with E-state index >= 15 is 0 Å². The Morgan fingerprint density at radius 3 is 1.91 bits per heavy atom. The van der Waals surface area contributed by atoms with E-state index in [1.807, 2.05) is 24.6 Å². The molecule has 0 aliphatic carbocycles. The van der Waals surface area contributed by atoms with Crippen LogP contribution < -0.4 is 9.47 Å². The zero-order chi connectivity index (χ0) is 8.10. The van der Waals surface area contributed by atoms with E-state index < -0.39 is 0 Å². The highest BCUT2D eigenvalue weighted by Crippen LogP contribution is 2.31. The summed E-state index contributed by atoms with van der Waals surface area (Å²) in [5.74, 6) is 1.72. The monoisotopic (exact) mass is 172 g/mol. The van der Waals surface area contributed by atoms with Crippen molar-refractivity contribution in [2.24, 2.45) is 0 Å². The summed E-state index contributed by atoms with van der Waals surface area (Å²) in [6.45, 7) is 5.31. The van der Waals surface area contributed by atoms with Crippen molar-refractivity contribution in [1.29, 1.82) is 0 Å². The second-order valence-corrected chi connectivity index (χ2v) is 2.71. The van der Waals surface area contributed by atoms with Crippen LogP contribution >= 0.6 is 11.3 Å². The Kier molecular flexibility index (Phi) is 3.23. The van der Waals surface area contributed by atoms with Gasteiger partial charge in [0.2, 0.25) is 0 Å². The summed E-state index contributed by atoms with van der Waals surface area (Å²) < 4.78 is 10.6. The van der Waals surface area contributed by atoms with Crippen molar-refractivity contribution in [3.63, 3.8) is 0 Å². The molecule has 0 saturated carbocycles. The molecule has 1 heterocycles. The molecule has 0 radical (unpaired) electrons. The van der Waals surface area contributed by atoms with Crippen LogP contribution in [0, 0.1) is 0 Å². The lowest BCUT2D eigenvalue weighted by atomic mass is 10.5. The molecule has 0 atom stereocenters. The molecule has 11 heavy (non-hydrogen) atoms. The van der Waals surface area contributed by atoms with Gasteiger partial charge in [-0.3, -0.25) is 0 Å². The van der Waals surface area contributed by atoms with Crippen LogP contribution in [0.25, 0.3) is 0 Å². The van der Waals surface area contributed by atoms with E-state index in [-0.39, 0.29) is 0 Å². The van der Waals surface area contributed by atoms with Gasteiger partial charge in [0.25, 0.3) is 0 Å². The van der Waals surface area contributed by atoms with Crippen molar-refractivity contribution < 1.29 is 9.47 Å². The van der Waals surface area contributed by atoms with Crippen LogP contribution in [0.15, 0.2) is 10.8 Å². The van der Waals surface area contributed by atoms with Crippen LogP contribution in [-0.2, 0) is 0 Å². The predicted octanol–water partition coefficient (Wildman–Crippen LogP) is 2.55. The van der Waals surface area contributed by atoms with Crippen LogP contribution in [0.1, 0.15) is 13.8 Å². The Labute approximate surface area is 70.8 Å². The molecular weight excluding hydrogens is 160 g/mol. The number of ether oxygens (including phenoxy) is 2. The molecule has 0 bridgehead atoms. The topological polar surface area (TPSA) is 18.5 Å². The molecule has 1 rings (SSSR count). The fourth-order valence-electron chi connectivity index (χ4n) is 0.795. The van der Waals surface area contributed by atoms with Gasteiger partial charge in [0.1, 0.15) is 0 Å². The lowest BCUT2D eigenvalue weighted by molar-refractivity contribution is 0.290. The van der Waals surface area contributed by atoms with Crippen LogP contribution in [0.2, 0.25) is 0 Å². The van der Waals surface area contributed by atoms with Crippen LogP contribution in [-0.4, -0.2) is 13.2 Å². The maximum absolute atomic E-state index is 5.31. The molecule has 2 nitrogen and oxygen atoms in total. The summed E-state index contributed by atoms with van der Waals surface area (Å²) in [6.07, 6.45) is 0. The lowest BCUT2D eigenvalue weighted by Gasteiger charge is -2.04. The third kappa shape index (κ3) is 2.12. The normalized spacial score (nSPS) is 9.64. The second kappa shape index (κ2) is 4.23. The van der Waals surface area contributed by atoms with Gasteiger partial charge in [0.15, 0.2) is 11.5 Å². The zero-order valence-corrected chi connectivity index (χ0v) is 7.61. The van der Waals surface area contributed by atoms with Crippen molar-refractivity contribution in [2.75, 3.05) is 13.2 Å². The molecule has 62 valence electrons. The summed E-state index contributed by atoms with van der Waals surface area (Å²) in [4.78, 5) is 0. The third-order valence-electron chi connectivity index (χ3n) is 1.19. The second-order valence-electron chi connectivity index (χ2n) is 1.97. The van der Waals surface area contributed by atoms with Gasteiger partial charge in [0, 0.05) is 10.8 Å². The molecule has 1 aromatic heterocycles. The largest absolute Gasteiger partial charge is 0.489 e. The molecule has 3 heteroatoms. The first-order chi connectivity index (χ1) is 5.38. The minimum atomic E-state index is 0.691. The molecule has 0 saturated heterocycles. The molecule has 0 N–H and O–H groups in total. The van der Waals surface area contributed by atoms with E-state index in [0.717, 1.165) is 11.5 Å². The first kappa shape index (κ1) is 8.40. The van der Waals surface area contributed by atoms with Crippen molar-refractivity contribution in [3.05, 3.63) is 10.8 Å². The van der Waals surface area contributed by atoms with E-state index in [4.69, 9.17) is 9.47 Å². The highest BCUT2D eigenvalue weighted by molar-refractivity contribution is 7.08. The number of thiophene rings is 1. The number of hydrogen-bond donors (Lipinski definition) is 0. The summed E-state index contributed by atoms with van der Waals surface area (Å²) in [6, 6.07) is 0. The lowest BCUT2D eigenvalue weighted by Crippen LogP contribution is -1.95. The standard InChI is InChI=1S/C8H12O2S/c1-3-9-7-5-11-6-8(7)10-4-2/h5-6H,3-4H2,1-2H3. The average Bonchev–Trinajstić information content (AvgIpc) is 2.39. The fourth-order valence-corrected chi connectivity index (χ4v) is 1.48. The first-order valence-electron chi connectivity index (χ1n) is 3.70. The SMILES string of the molecule is CCOc1cscc1OCC. The molecule has 0 aromatic carbocycles. The molecular formula is C8H12O2S. The first-order valence-corrected chi connectivity index (χ1v) is 4.64. The highest BCUT2D eigenvalue weighted by atomic mass is 32.1. The summed E-state index contributed by atoms with van der Waals surface area (Å²) in [7, 11) is 0. The Morgan fingerprint density at radius 1 is 1.09 bits per heavy atom. The van der Waals surface area contributed by atoms with Gasteiger partial charge in [-0.1, -0.05) is 0 Å². The smallest absolute Gasteiger partial charge is 0.171 e. The molecule has 0 fully saturated rings. The van der Waals surface area contributed by atoms with E-state index in [2.05, 4.69) is 0 Å². The molecule has 1 aromatic rings. The Bertz CT molecular complexity index is 187. The van der Waals surface area contributed by atoms with E-state index in [1.165, 1.54) is 0 Å². The third-order valence-corrected chi connectivity index (χ3v) is 1.89. The average molecular weight is 172 g/mol. The minimum Gasteiger partial charge on any atom is -0.489 e. The predicted molar refractivity (Wildman–Crippen MR) is 46.7 cm³/mol.